The Morgan fingerprint density at radius 1 is 1.32 bits per heavy atom. The molecule has 3 heterocycles. The van der Waals surface area contributed by atoms with Crippen LogP contribution in [0.1, 0.15) is 46.8 Å². The molecule has 2 aliphatic carbocycles. The second-order valence-corrected chi connectivity index (χ2v) is 9.10. The molecule has 160 valence electrons. The molecular formula is C22H21F2N5OS. The van der Waals surface area contributed by atoms with Crippen LogP contribution < -0.4 is 11.1 Å². The normalized spacial score (nSPS) is 22.7. The van der Waals surface area contributed by atoms with Crippen LogP contribution >= 0.6 is 11.3 Å². The molecule has 2 atom stereocenters. The van der Waals surface area contributed by atoms with E-state index in [-0.39, 0.29) is 11.4 Å². The zero-order valence-corrected chi connectivity index (χ0v) is 17.5. The third-order valence-electron chi connectivity index (χ3n) is 5.69. The smallest absolute Gasteiger partial charge is 0.280 e. The molecule has 2 aliphatic rings. The highest BCUT2D eigenvalue weighted by Crippen LogP contribution is 2.35. The number of aromatic nitrogens is 3. The summed E-state index contributed by atoms with van der Waals surface area (Å²) >= 11 is 1.11. The predicted octanol–water partition coefficient (Wildman–Crippen LogP) is 3.46. The Balaban J connectivity index is 1.50. The number of amides is 1. The summed E-state index contributed by atoms with van der Waals surface area (Å²) in [6, 6.07) is 3.47. The second kappa shape index (κ2) is 7.70. The van der Waals surface area contributed by atoms with E-state index in [9.17, 15) is 13.6 Å². The molecule has 5 rings (SSSR count). The lowest BCUT2D eigenvalue weighted by Gasteiger charge is -2.36. The molecule has 0 aliphatic heterocycles. The van der Waals surface area contributed by atoms with Gasteiger partial charge in [0.25, 0.3) is 11.8 Å². The van der Waals surface area contributed by atoms with Gasteiger partial charge in [0.1, 0.15) is 16.6 Å². The number of pyridine rings is 1. The standard InChI is InChI=1S/C22H21F2N5OS/c23-22(24)10-3-4-15(25)19(22)28-20(30)21-27-18(17(31-21)9-8-13-6-7-13)14-12-26-29-11-2-1-5-16(14)29/h1-2,5,11-13,15,19H,3-4,6-7,10,25H2,(H,28,30). The van der Waals surface area contributed by atoms with Gasteiger partial charge in [-0.05, 0) is 37.8 Å². The largest absolute Gasteiger partial charge is 0.340 e. The molecule has 2 saturated carbocycles. The van der Waals surface area contributed by atoms with Crippen LogP contribution in [-0.4, -0.2) is 38.5 Å². The zero-order chi connectivity index (χ0) is 21.6. The number of fused-ring (bicyclic) bond motifs is 1. The number of nitrogens with two attached hydrogens (primary N) is 1. The molecule has 0 radical (unpaired) electrons. The topological polar surface area (TPSA) is 85.3 Å². The lowest BCUT2D eigenvalue weighted by atomic mass is 9.87. The summed E-state index contributed by atoms with van der Waals surface area (Å²) in [5, 5.41) is 6.87. The number of nitrogens with one attached hydrogen (secondary N) is 1. The maximum Gasteiger partial charge on any atom is 0.280 e. The summed E-state index contributed by atoms with van der Waals surface area (Å²) in [6.07, 6.45) is 6.15. The monoisotopic (exact) mass is 441 g/mol. The van der Waals surface area contributed by atoms with Crippen molar-refractivity contribution >= 4 is 22.8 Å². The number of nitrogens with zero attached hydrogens (tertiary/aromatic N) is 3. The van der Waals surface area contributed by atoms with E-state index in [2.05, 4.69) is 27.2 Å². The Bertz CT molecular complexity index is 1200. The van der Waals surface area contributed by atoms with Crippen molar-refractivity contribution in [1.82, 2.24) is 19.9 Å². The van der Waals surface area contributed by atoms with Crippen molar-refractivity contribution in [3.05, 3.63) is 40.5 Å². The number of alkyl halides is 2. The maximum absolute atomic E-state index is 14.3. The van der Waals surface area contributed by atoms with E-state index in [1.54, 1.807) is 10.7 Å². The molecule has 9 heteroatoms. The molecule has 0 saturated heterocycles. The first-order valence-electron chi connectivity index (χ1n) is 10.3. The number of carbonyl (C=O) groups excluding carboxylic acids is 1. The molecule has 0 aromatic carbocycles. The highest BCUT2D eigenvalue weighted by atomic mass is 32.1. The Morgan fingerprint density at radius 2 is 2.16 bits per heavy atom. The molecule has 3 aromatic heterocycles. The van der Waals surface area contributed by atoms with Crippen molar-refractivity contribution in [1.29, 1.82) is 0 Å². The average molecular weight is 442 g/mol. The molecule has 31 heavy (non-hydrogen) atoms. The van der Waals surface area contributed by atoms with E-state index in [1.807, 2.05) is 24.4 Å². The van der Waals surface area contributed by atoms with Crippen LogP contribution in [0, 0.1) is 17.8 Å². The van der Waals surface area contributed by atoms with E-state index in [0.717, 1.165) is 35.3 Å². The van der Waals surface area contributed by atoms with Crippen LogP contribution in [0.25, 0.3) is 16.8 Å². The Kier molecular flexibility index (Phi) is 4.99. The van der Waals surface area contributed by atoms with Crippen LogP contribution in [0.5, 0.6) is 0 Å². The molecule has 6 nitrogen and oxygen atoms in total. The van der Waals surface area contributed by atoms with Crippen molar-refractivity contribution in [3.8, 4) is 23.1 Å². The van der Waals surface area contributed by atoms with E-state index in [0.29, 0.717) is 29.3 Å². The number of thiazole rings is 1. The third kappa shape index (κ3) is 3.93. The minimum absolute atomic E-state index is 0.0963. The molecule has 2 unspecified atom stereocenters. The van der Waals surface area contributed by atoms with Gasteiger partial charge in [0.15, 0.2) is 5.01 Å². The van der Waals surface area contributed by atoms with Crippen LogP contribution in [0.4, 0.5) is 8.78 Å². The minimum Gasteiger partial charge on any atom is -0.340 e. The second-order valence-electron chi connectivity index (χ2n) is 8.10. The highest BCUT2D eigenvalue weighted by Gasteiger charge is 2.46. The van der Waals surface area contributed by atoms with Crippen LogP contribution in [0.3, 0.4) is 0 Å². The summed E-state index contributed by atoms with van der Waals surface area (Å²) < 4.78 is 30.4. The van der Waals surface area contributed by atoms with Gasteiger partial charge in [-0.2, -0.15) is 5.10 Å². The number of hydrogen-bond donors (Lipinski definition) is 2. The number of hydrogen-bond acceptors (Lipinski definition) is 5. The van der Waals surface area contributed by atoms with E-state index >= 15 is 0 Å². The lowest BCUT2D eigenvalue weighted by molar-refractivity contribution is -0.0674. The first-order valence-corrected chi connectivity index (χ1v) is 11.1. The minimum atomic E-state index is -3.04. The molecule has 0 spiro atoms. The lowest BCUT2D eigenvalue weighted by Crippen LogP contribution is -2.59. The van der Waals surface area contributed by atoms with Gasteiger partial charge >= 0.3 is 0 Å². The zero-order valence-electron chi connectivity index (χ0n) is 16.6. The van der Waals surface area contributed by atoms with Gasteiger partial charge in [0.05, 0.1) is 11.7 Å². The Hall–Kier alpha value is -2.83. The van der Waals surface area contributed by atoms with Crippen molar-refractivity contribution in [2.24, 2.45) is 11.7 Å². The van der Waals surface area contributed by atoms with Crippen molar-refractivity contribution < 1.29 is 13.6 Å². The molecule has 3 aromatic rings. The van der Waals surface area contributed by atoms with E-state index < -0.39 is 23.9 Å². The molecule has 2 fully saturated rings. The van der Waals surface area contributed by atoms with Gasteiger partial charge in [0, 0.05) is 30.1 Å². The molecule has 3 N–H and O–H groups in total. The summed E-state index contributed by atoms with van der Waals surface area (Å²) in [4.78, 5) is 18.0. The van der Waals surface area contributed by atoms with Crippen LogP contribution in [-0.2, 0) is 0 Å². The number of carbonyl (C=O) groups is 1. The third-order valence-corrected chi connectivity index (χ3v) is 6.66. The van der Waals surface area contributed by atoms with Crippen molar-refractivity contribution in [2.75, 3.05) is 0 Å². The Labute approximate surface area is 181 Å². The fraction of sp³-hybridized carbons (Fsp3) is 0.409. The van der Waals surface area contributed by atoms with Gasteiger partial charge in [-0.1, -0.05) is 29.2 Å². The van der Waals surface area contributed by atoms with Crippen molar-refractivity contribution in [2.45, 2.75) is 50.1 Å². The van der Waals surface area contributed by atoms with Crippen LogP contribution in [0.2, 0.25) is 0 Å². The van der Waals surface area contributed by atoms with Gasteiger partial charge in [-0.15, -0.1) is 0 Å². The summed E-state index contributed by atoms with van der Waals surface area (Å²) in [6.45, 7) is 0. The maximum atomic E-state index is 14.3. The van der Waals surface area contributed by atoms with Crippen molar-refractivity contribution in [3.63, 3.8) is 0 Å². The fourth-order valence-corrected chi connectivity index (χ4v) is 4.67. The highest BCUT2D eigenvalue weighted by molar-refractivity contribution is 7.14. The molecule has 0 bridgehead atoms. The van der Waals surface area contributed by atoms with E-state index in [1.165, 1.54) is 0 Å². The van der Waals surface area contributed by atoms with Gasteiger partial charge in [0.2, 0.25) is 0 Å². The first kappa shape index (κ1) is 20.1. The first-order chi connectivity index (χ1) is 14.9. The molecule has 1 amide bonds. The number of halogens is 2. The Morgan fingerprint density at radius 3 is 2.94 bits per heavy atom. The average Bonchev–Trinajstić information content (AvgIpc) is 3.32. The number of rotatable bonds is 3. The van der Waals surface area contributed by atoms with Crippen LogP contribution in [0.15, 0.2) is 30.6 Å². The van der Waals surface area contributed by atoms with Gasteiger partial charge < -0.3 is 11.1 Å². The summed E-state index contributed by atoms with van der Waals surface area (Å²) in [7, 11) is 0. The SMILES string of the molecule is NC1CCCC(F)(F)C1NC(=O)c1nc(-c2cnn3ccccc23)c(C#CC2CC2)s1. The summed E-state index contributed by atoms with van der Waals surface area (Å²) in [5.41, 5.74) is 8.02. The molecular weight excluding hydrogens is 420 g/mol. The van der Waals surface area contributed by atoms with Gasteiger partial charge in [-0.25, -0.2) is 18.3 Å². The van der Waals surface area contributed by atoms with E-state index in [4.69, 9.17) is 5.73 Å². The quantitative estimate of drug-likeness (QED) is 0.610. The summed E-state index contributed by atoms with van der Waals surface area (Å²) in [5.74, 6) is 3.03. The fourth-order valence-electron chi connectivity index (χ4n) is 3.82. The predicted molar refractivity (Wildman–Crippen MR) is 114 cm³/mol. The van der Waals surface area contributed by atoms with Gasteiger partial charge in [-0.3, -0.25) is 4.79 Å².